The van der Waals surface area contributed by atoms with Crippen LogP contribution in [0.25, 0.3) is 21.9 Å². The fraction of sp³-hybridized carbons (Fsp3) is 0.143. The number of aromatic hydroxyl groups is 1. The van der Waals surface area contributed by atoms with E-state index in [0.29, 0.717) is 31.7 Å². The molecule has 0 atom stereocenters. The summed E-state index contributed by atoms with van der Waals surface area (Å²) in [4.78, 5) is 24.1. The maximum Gasteiger partial charge on any atom is 0.412 e. The first-order valence-corrected chi connectivity index (χ1v) is 11.2. The number of phenols is 1. The van der Waals surface area contributed by atoms with Gasteiger partial charge in [-0.3, -0.25) is 4.79 Å². The third-order valence-electron chi connectivity index (χ3n) is 5.41. The number of phenolic OH excluding ortho intramolecular Hbond substituents is 1. The zero-order chi connectivity index (χ0) is 23.8. The summed E-state index contributed by atoms with van der Waals surface area (Å²) in [5.74, 6) is 0.458. The third-order valence-corrected chi connectivity index (χ3v) is 5.41. The molecule has 34 heavy (non-hydrogen) atoms. The monoisotopic (exact) mass is 454 g/mol. The van der Waals surface area contributed by atoms with E-state index in [1.54, 1.807) is 30.3 Å². The maximum atomic E-state index is 12.1. The zero-order valence-electron chi connectivity index (χ0n) is 18.7. The minimum Gasteiger partial charge on any atom is -0.508 e. The minimum atomic E-state index is -0.585. The number of carbonyl (C=O) groups excluding carboxylic acids is 2. The van der Waals surface area contributed by atoms with E-state index >= 15 is 0 Å². The molecule has 0 bridgehead atoms. The lowest BCUT2D eigenvalue weighted by molar-refractivity contribution is -0.121. The van der Waals surface area contributed by atoms with E-state index in [-0.39, 0.29) is 11.7 Å². The topological polar surface area (TPSA) is 87.7 Å². The van der Waals surface area contributed by atoms with Crippen molar-refractivity contribution in [2.24, 2.45) is 0 Å². The highest BCUT2D eigenvalue weighted by Crippen LogP contribution is 2.24. The Hall–Kier alpha value is -4.32. The maximum absolute atomic E-state index is 12.1. The van der Waals surface area contributed by atoms with Crippen LogP contribution in [0, 0.1) is 0 Å². The molecule has 4 aromatic rings. The second-order valence-corrected chi connectivity index (χ2v) is 7.95. The summed E-state index contributed by atoms with van der Waals surface area (Å²) in [6.07, 6.45) is 0.218. The molecule has 0 unspecified atom stereocenters. The predicted molar refractivity (Wildman–Crippen MR) is 133 cm³/mol. The van der Waals surface area contributed by atoms with Crippen LogP contribution in [0.15, 0.2) is 91.0 Å². The molecule has 0 saturated heterocycles. The molecule has 0 heterocycles. The fourth-order valence-corrected chi connectivity index (χ4v) is 3.59. The van der Waals surface area contributed by atoms with Crippen molar-refractivity contribution in [3.05, 3.63) is 96.6 Å². The molecule has 0 aliphatic carbocycles. The molecule has 0 spiro atoms. The van der Waals surface area contributed by atoms with Crippen LogP contribution in [0.4, 0.5) is 4.79 Å². The number of benzene rings is 4. The second kappa shape index (κ2) is 11.0. The number of carbonyl (C=O) groups is 2. The average molecular weight is 455 g/mol. The molecule has 0 aromatic heterocycles. The van der Waals surface area contributed by atoms with E-state index in [1.807, 2.05) is 48.5 Å². The van der Waals surface area contributed by atoms with E-state index in [4.69, 9.17) is 4.74 Å². The smallest absolute Gasteiger partial charge is 0.412 e. The van der Waals surface area contributed by atoms with Gasteiger partial charge in [0.25, 0.3) is 0 Å². The van der Waals surface area contributed by atoms with E-state index in [9.17, 15) is 14.7 Å². The largest absolute Gasteiger partial charge is 0.508 e. The molecular formula is C28H26N2O4. The van der Waals surface area contributed by atoms with Crippen LogP contribution in [0.1, 0.15) is 18.4 Å². The highest BCUT2D eigenvalue weighted by atomic mass is 16.6. The summed E-state index contributed by atoms with van der Waals surface area (Å²) in [5, 5.41) is 16.9. The zero-order valence-corrected chi connectivity index (χ0v) is 18.7. The first-order valence-electron chi connectivity index (χ1n) is 11.2. The summed E-state index contributed by atoms with van der Waals surface area (Å²) >= 11 is 0. The van der Waals surface area contributed by atoms with Gasteiger partial charge in [0, 0.05) is 19.5 Å². The van der Waals surface area contributed by atoms with Gasteiger partial charge in [0.1, 0.15) is 11.5 Å². The van der Waals surface area contributed by atoms with Crippen LogP contribution in [-0.4, -0.2) is 23.7 Å². The Morgan fingerprint density at radius 2 is 1.50 bits per heavy atom. The molecule has 0 aliphatic rings. The molecule has 0 saturated carbocycles. The molecule has 4 rings (SSSR count). The average Bonchev–Trinajstić information content (AvgIpc) is 2.86. The van der Waals surface area contributed by atoms with Gasteiger partial charge >= 0.3 is 6.09 Å². The van der Waals surface area contributed by atoms with Gasteiger partial charge in [0.05, 0.1) is 0 Å². The summed E-state index contributed by atoms with van der Waals surface area (Å²) < 4.78 is 5.28. The number of fused-ring (bicyclic) bond motifs is 1. The summed E-state index contributed by atoms with van der Waals surface area (Å²) in [5.41, 5.74) is 3.32. The molecular weight excluding hydrogens is 428 g/mol. The highest BCUT2D eigenvalue weighted by molar-refractivity contribution is 5.86. The summed E-state index contributed by atoms with van der Waals surface area (Å²) in [6.45, 7) is 0.785. The van der Waals surface area contributed by atoms with Crippen molar-refractivity contribution >= 4 is 22.8 Å². The van der Waals surface area contributed by atoms with Crippen molar-refractivity contribution in [1.29, 1.82) is 0 Å². The summed E-state index contributed by atoms with van der Waals surface area (Å²) in [7, 11) is 0. The molecule has 2 amide bonds. The van der Waals surface area contributed by atoms with Crippen molar-refractivity contribution in [3.8, 4) is 22.6 Å². The van der Waals surface area contributed by atoms with Gasteiger partial charge in [-0.25, -0.2) is 4.79 Å². The molecule has 0 fully saturated rings. The van der Waals surface area contributed by atoms with Crippen LogP contribution >= 0.6 is 0 Å². The van der Waals surface area contributed by atoms with Gasteiger partial charge in [-0.15, -0.1) is 0 Å². The molecule has 4 aromatic carbocycles. The van der Waals surface area contributed by atoms with Crippen LogP contribution in [0.3, 0.4) is 0 Å². The predicted octanol–water partition coefficient (Wildman–Crippen LogP) is 5.40. The van der Waals surface area contributed by atoms with Crippen LogP contribution < -0.4 is 15.4 Å². The van der Waals surface area contributed by atoms with Gasteiger partial charge < -0.3 is 20.5 Å². The van der Waals surface area contributed by atoms with Crippen molar-refractivity contribution < 1.29 is 19.4 Å². The molecule has 6 nitrogen and oxygen atoms in total. The van der Waals surface area contributed by atoms with Crippen LogP contribution in [-0.2, 0) is 11.3 Å². The normalized spacial score (nSPS) is 10.6. The lowest BCUT2D eigenvalue weighted by Gasteiger charge is -2.09. The number of hydrogen-bond donors (Lipinski definition) is 3. The van der Waals surface area contributed by atoms with E-state index in [0.717, 1.165) is 27.5 Å². The van der Waals surface area contributed by atoms with Crippen molar-refractivity contribution in [1.82, 2.24) is 10.6 Å². The number of rotatable bonds is 8. The number of nitrogens with one attached hydrogen (secondary N) is 2. The van der Waals surface area contributed by atoms with Crippen LogP contribution in [0.5, 0.6) is 11.5 Å². The Kier molecular flexibility index (Phi) is 7.40. The lowest BCUT2D eigenvalue weighted by Crippen LogP contribution is -2.29. The standard InChI is InChI=1S/C28H26N2O4/c31-25-14-12-23-13-15-26(18-24(23)17-25)34-28(33)29-16-4-7-27(32)30-19-20-8-10-22(11-9-20)21-5-2-1-3-6-21/h1-3,5-6,8-15,17-18,31H,4,7,16,19H2,(H,29,33)(H,30,32). The van der Waals surface area contributed by atoms with Gasteiger partial charge in [-0.1, -0.05) is 66.7 Å². The van der Waals surface area contributed by atoms with Crippen LogP contribution in [0.2, 0.25) is 0 Å². The molecule has 172 valence electrons. The van der Waals surface area contributed by atoms with Gasteiger partial charge in [-0.2, -0.15) is 0 Å². The Morgan fingerprint density at radius 1 is 0.765 bits per heavy atom. The number of amides is 2. The van der Waals surface area contributed by atoms with E-state index in [2.05, 4.69) is 22.8 Å². The molecule has 3 N–H and O–H groups in total. The van der Waals surface area contributed by atoms with Gasteiger partial charge in [-0.05, 0) is 58.1 Å². The van der Waals surface area contributed by atoms with E-state index < -0.39 is 6.09 Å². The molecule has 0 radical (unpaired) electrons. The van der Waals surface area contributed by atoms with Gasteiger partial charge in [0.15, 0.2) is 0 Å². The Balaban J connectivity index is 1.15. The molecule has 6 heteroatoms. The Labute approximate surface area is 198 Å². The Bertz CT molecular complexity index is 1270. The number of ether oxygens (including phenoxy) is 1. The minimum absolute atomic E-state index is 0.0726. The highest BCUT2D eigenvalue weighted by Gasteiger charge is 2.07. The van der Waals surface area contributed by atoms with Crippen molar-refractivity contribution in [2.75, 3.05) is 6.54 Å². The fourth-order valence-electron chi connectivity index (χ4n) is 3.59. The first kappa shape index (κ1) is 22.9. The van der Waals surface area contributed by atoms with Gasteiger partial charge in [0.2, 0.25) is 5.91 Å². The Morgan fingerprint density at radius 3 is 2.29 bits per heavy atom. The van der Waals surface area contributed by atoms with Crippen molar-refractivity contribution in [3.63, 3.8) is 0 Å². The number of hydrogen-bond acceptors (Lipinski definition) is 4. The first-order chi connectivity index (χ1) is 16.6. The molecule has 0 aliphatic heterocycles. The SMILES string of the molecule is O=C(CCCNC(=O)Oc1ccc2ccc(O)cc2c1)NCc1ccc(-c2ccccc2)cc1. The third kappa shape index (κ3) is 6.36. The lowest BCUT2D eigenvalue weighted by atomic mass is 10.0. The quantitative estimate of drug-likeness (QED) is 0.311. The van der Waals surface area contributed by atoms with Crippen molar-refractivity contribution in [2.45, 2.75) is 19.4 Å². The summed E-state index contributed by atoms with van der Waals surface area (Å²) in [6, 6.07) is 28.4. The van der Waals surface area contributed by atoms with E-state index in [1.165, 1.54) is 0 Å². The second-order valence-electron chi connectivity index (χ2n) is 7.95.